The molecule has 0 N–H and O–H groups in total. The Kier molecular flexibility index (Phi) is 4.31. The van der Waals surface area contributed by atoms with Crippen LogP contribution in [0.3, 0.4) is 0 Å². The first-order valence-corrected chi connectivity index (χ1v) is 6.16. The van der Waals surface area contributed by atoms with Crippen LogP contribution in [0.5, 0.6) is 0 Å². The van der Waals surface area contributed by atoms with Gasteiger partial charge in [-0.1, -0.05) is 0 Å². The van der Waals surface area contributed by atoms with Crippen LogP contribution in [0.15, 0.2) is 34.5 Å². The van der Waals surface area contributed by atoms with Gasteiger partial charge in [-0.05, 0) is 0 Å². The SMILES string of the molecule is C=CC[C](=O)[Ru][C]1=C(CC)C=CC1. The van der Waals surface area contributed by atoms with Gasteiger partial charge in [0.1, 0.15) is 0 Å². The Labute approximate surface area is 87.2 Å². The van der Waals surface area contributed by atoms with E-state index in [-0.39, 0.29) is 17.1 Å². The van der Waals surface area contributed by atoms with Gasteiger partial charge in [0, 0.05) is 0 Å². The molecular weight excluding hydrogens is 249 g/mol. The van der Waals surface area contributed by atoms with Crippen molar-refractivity contribution >= 4 is 4.38 Å². The van der Waals surface area contributed by atoms with Crippen molar-refractivity contribution in [3.8, 4) is 0 Å². The maximum atomic E-state index is 11.4. The molecule has 0 unspecified atom stereocenters. The minimum absolute atomic E-state index is 0.206. The van der Waals surface area contributed by atoms with Crippen LogP contribution < -0.4 is 0 Å². The number of hydrogen-bond donors (Lipinski definition) is 0. The van der Waals surface area contributed by atoms with Crippen molar-refractivity contribution in [1.29, 1.82) is 0 Å². The number of carbonyl (C=O) groups is 1. The van der Waals surface area contributed by atoms with Gasteiger partial charge in [0.25, 0.3) is 0 Å². The summed E-state index contributed by atoms with van der Waals surface area (Å²) in [6, 6.07) is 0. The molecular formula is C11H14ORu. The van der Waals surface area contributed by atoms with E-state index in [9.17, 15) is 4.79 Å². The predicted octanol–water partition coefficient (Wildman–Crippen LogP) is 2.80. The van der Waals surface area contributed by atoms with E-state index in [1.165, 1.54) is 9.74 Å². The summed E-state index contributed by atoms with van der Waals surface area (Å²) >= 11 is -0.206. The van der Waals surface area contributed by atoms with Gasteiger partial charge in [-0.3, -0.25) is 0 Å². The van der Waals surface area contributed by atoms with Crippen molar-refractivity contribution in [3.63, 3.8) is 0 Å². The summed E-state index contributed by atoms with van der Waals surface area (Å²) in [7, 11) is 0. The number of carbonyl (C=O) groups excluding carboxylic acids is 1. The summed E-state index contributed by atoms with van der Waals surface area (Å²) in [5.74, 6) is 0. The first-order valence-electron chi connectivity index (χ1n) is 4.42. The fourth-order valence-electron chi connectivity index (χ4n) is 1.18. The Hall–Kier alpha value is -0.487. The zero-order valence-electron chi connectivity index (χ0n) is 7.82. The third-order valence-corrected chi connectivity index (χ3v) is 4.11. The molecule has 0 atom stereocenters. The second kappa shape index (κ2) is 5.29. The summed E-state index contributed by atoms with van der Waals surface area (Å²) in [4.78, 5) is 11.4. The Morgan fingerprint density at radius 2 is 2.54 bits per heavy atom. The molecule has 0 bridgehead atoms. The van der Waals surface area contributed by atoms with E-state index in [0.717, 1.165) is 12.8 Å². The van der Waals surface area contributed by atoms with Crippen LogP contribution in [-0.4, -0.2) is 4.38 Å². The van der Waals surface area contributed by atoms with Crippen molar-refractivity contribution in [3.05, 3.63) is 34.5 Å². The van der Waals surface area contributed by atoms with E-state index in [1.807, 2.05) is 0 Å². The van der Waals surface area contributed by atoms with Crippen LogP contribution in [0.4, 0.5) is 0 Å². The van der Waals surface area contributed by atoms with Crippen LogP contribution >= 0.6 is 0 Å². The molecule has 0 saturated carbocycles. The molecule has 1 aliphatic rings. The molecule has 0 saturated heterocycles. The molecule has 0 radical (unpaired) electrons. The van der Waals surface area contributed by atoms with Crippen molar-refractivity contribution in [1.82, 2.24) is 0 Å². The van der Waals surface area contributed by atoms with Gasteiger partial charge in [-0.15, -0.1) is 0 Å². The standard InChI is InChI=1S/C7H9.C4H5O.Ru/c1-2-7-5-3-4-6-7;1-2-3-4-5;/h3,5H,2,4H2,1H3;2H,1,3H2;. The topological polar surface area (TPSA) is 17.1 Å². The molecule has 0 amide bonds. The summed E-state index contributed by atoms with van der Waals surface area (Å²) in [5, 5.41) is 0. The molecule has 13 heavy (non-hydrogen) atoms. The number of hydrogen-bond acceptors (Lipinski definition) is 1. The molecule has 0 aromatic carbocycles. The Morgan fingerprint density at radius 1 is 1.77 bits per heavy atom. The van der Waals surface area contributed by atoms with Gasteiger partial charge in [-0.2, -0.15) is 0 Å². The number of rotatable bonds is 5. The average molecular weight is 263 g/mol. The second-order valence-corrected chi connectivity index (χ2v) is 5.25. The molecule has 0 aromatic heterocycles. The molecule has 2 heteroatoms. The molecule has 72 valence electrons. The number of allylic oxidation sites excluding steroid dienone is 5. The molecule has 0 fully saturated rings. The third-order valence-electron chi connectivity index (χ3n) is 1.84. The van der Waals surface area contributed by atoms with Crippen molar-refractivity contribution in [2.24, 2.45) is 0 Å². The fourth-order valence-corrected chi connectivity index (χ4v) is 3.31. The average Bonchev–Trinajstić information content (AvgIpc) is 2.52. The van der Waals surface area contributed by atoms with E-state index in [0.29, 0.717) is 10.8 Å². The van der Waals surface area contributed by atoms with E-state index < -0.39 is 0 Å². The van der Waals surface area contributed by atoms with Crippen LogP contribution in [0.25, 0.3) is 0 Å². The van der Waals surface area contributed by atoms with E-state index in [2.05, 4.69) is 25.7 Å². The van der Waals surface area contributed by atoms with E-state index >= 15 is 0 Å². The quantitative estimate of drug-likeness (QED) is 0.550. The summed E-state index contributed by atoms with van der Waals surface area (Å²) in [5.41, 5.74) is 1.38. The molecule has 0 aliphatic heterocycles. The zero-order valence-corrected chi connectivity index (χ0v) is 9.56. The molecule has 1 aliphatic carbocycles. The van der Waals surface area contributed by atoms with Crippen molar-refractivity contribution < 1.29 is 21.9 Å². The molecule has 0 spiro atoms. The first kappa shape index (κ1) is 10.6. The van der Waals surface area contributed by atoms with Gasteiger partial charge in [0.05, 0.1) is 0 Å². The summed E-state index contributed by atoms with van der Waals surface area (Å²) in [6.07, 6.45) is 8.62. The third kappa shape index (κ3) is 3.04. The summed E-state index contributed by atoms with van der Waals surface area (Å²) < 4.78 is 1.76. The van der Waals surface area contributed by atoms with Gasteiger partial charge in [-0.25, -0.2) is 0 Å². The Bertz CT molecular complexity index is 274. The first-order chi connectivity index (χ1) is 6.27. The monoisotopic (exact) mass is 264 g/mol. The zero-order chi connectivity index (χ0) is 9.68. The van der Waals surface area contributed by atoms with Crippen LogP contribution in [0.1, 0.15) is 26.2 Å². The van der Waals surface area contributed by atoms with Crippen LogP contribution in [0.2, 0.25) is 0 Å². The second-order valence-electron chi connectivity index (χ2n) is 2.80. The predicted molar refractivity (Wildman–Crippen MR) is 50.9 cm³/mol. The minimum atomic E-state index is -0.206. The Balaban J connectivity index is 2.54. The van der Waals surface area contributed by atoms with Crippen LogP contribution in [-0.2, 0) is 21.9 Å². The van der Waals surface area contributed by atoms with E-state index in [1.54, 1.807) is 6.08 Å². The Morgan fingerprint density at radius 3 is 3.15 bits per heavy atom. The van der Waals surface area contributed by atoms with Crippen LogP contribution in [0, 0.1) is 0 Å². The molecule has 0 heterocycles. The summed E-state index contributed by atoms with van der Waals surface area (Å²) in [6.45, 7) is 5.72. The normalized spacial score (nSPS) is 15.5. The van der Waals surface area contributed by atoms with Gasteiger partial charge in [0.2, 0.25) is 0 Å². The fraction of sp³-hybridized carbons (Fsp3) is 0.364. The van der Waals surface area contributed by atoms with Gasteiger partial charge >= 0.3 is 87.0 Å². The molecule has 1 nitrogen and oxygen atoms in total. The van der Waals surface area contributed by atoms with Gasteiger partial charge < -0.3 is 0 Å². The van der Waals surface area contributed by atoms with Gasteiger partial charge in [0.15, 0.2) is 0 Å². The van der Waals surface area contributed by atoms with E-state index in [4.69, 9.17) is 0 Å². The molecule has 1 rings (SSSR count). The maximum absolute atomic E-state index is 11.4. The van der Waals surface area contributed by atoms with Crippen molar-refractivity contribution in [2.75, 3.05) is 0 Å². The molecule has 0 aromatic rings. The van der Waals surface area contributed by atoms with Crippen molar-refractivity contribution in [2.45, 2.75) is 26.2 Å².